The van der Waals surface area contributed by atoms with E-state index in [1.807, 2.05) is 17.0 Å². The second kappa shape index (κ2) is 4.77. The van der Waals surface area contributed by atoms with Gasteiger partial charge >= 0.3 is 0 Å². The number of quaternary nitrogens is 1. The topological polar surface area (TPSA) is 4.44 Å². The zero-order valence-electron chi connectivity index (χ0n) is 10.3. The molecule has 1 nitrogen and oxygen atoms in total. The molecule has 3 heterocycles. The highest BCUT2D eigenvalue weighted by atomic mass is 19.1. The van der Waals surface area contributed by atoms with Gasteiger partial charge in [-0.25, -0.2) is 4.39 Å². The quantitative estimate of drug-likeness (QED) is 0.814. The van der Waals surface area contributed by atoms with Crippen LogP contribution in [-0.4, -0.2) is 19.1 Å². The predicted octanol–water partition coefficient (Wildman–Crippen LogP) is 1.83. The third-order valence-corrected chi connectivity index (χ3v) is 4.64. The molecule has 1 aromatic carbocycles. The number of piperidine rings is 3. The van der Waals surface area contributed by atoms with Crippen LogP contribution in [0, 0.1) is 11.7 Å². The van der Waals surface area contributed by atoms with Crippen LogP contribution in [0.2, 0.25) is 0 Å². The number of aryl methyl sites for hydroxylation is 1. The molecule has 1 N–H and O–H groups in total. The van der Waals surface area contributed by atoms with Crippen molar-refractivity contribution in [3.05, 3.63) is 35.6 Å². The lowest BCUT2D eigenvalue weighted by Gasteiger charge is -2.42. The highest BCUT2D eigenvalue weighted by molar-refractivity contribution is 5.16. The molecule has 1 atom stereocenters. The van der Waals surface area contributed by atoms with Crippen molar-refractivity contribution in [2.24, 2.45) is 5.92 Å². The van der Waals surface area contributed by atoms with E-state index in [0.29, 0.717) is 0 Å². The van der Waals surface area contributed by atoms with Gasteiger partial charge in [-0.3, -0.25) is 0 Å². The van der Waals surface area contributed by atoms with Gasteiger partial charge in [0.25, 0.3) is 0 Å². The van der Waals surface area contributed by atoms with Crippen LogP contribution in [-0.2, 0) is 6.42 Å². The maximum absolute atomic E-state index is 12.8. The molecule has 2 heteroatoms. The van der Waals surface area contributed by atoms with E-state index in [1.165, 1.54) is 44.3 Å². The summed E-state index contributed by atoms with van der Waals surface area (Å²) in [6, 6.07) is 7.89. The molecule has 0 radical (unpaired) electrons. The fourth-order valence-corrected chi connectivity index (χ4v) is 3.58. The molecule has 1 aromatic rings. The van der Waals surface area contributed by atoms with Gasteiger partial charge in [-0.2, -0.15) is 0 Å². The van der Waals surface area contributed by atoms with Crippen molar-refractivity contribution in [1.82, 2.24) is 0 Å². The smallest absolute Gasteiger partial charge is 0.123 e. The monoisotopic (exact) mass is 234 g/mol. The van der Waals surface area contributed by atoms with Crippen LogP contribution >= 0.6 is 0 Å². The van der Waals surface area contributed by atoms with Gasteiger partial charge in [-0.05, 0) is 42.9 Å². The van der Waals surface area contributed by atoms with Crippen molar-refractivity contribution in [2.75, 3.05) is 13.1 Å². The van der Waals surface area contributed by atoms with Crippen molar-refractivity contribution < 1.29 is 9.29 Å². The highest BCUT2D eigenvalue weighted by Crippen LogP contribution is 2.23. The Morgan fingerprint density at radius 2 is 1.82 bits per heavy atom. The molecule has 0 amide bonds. The standard InChI is InChI=1S/C15H20FN/c16-14-4-1-12(2-5-14)3-6-15-11-13-7-9-17(15)10-8-13/h1-2,4-5,13,15H,3,6-11H2/p+1. The molecule has 3 aliphatic heterocycles. The summed E-state index contributed by atoms with van der Waals surface area (Å²) in [5.41, 5.74) is 1.29. The predicted molar refractivity (Wildman–Crippen MR) is 66.5 cm³/mol. The molecular formula is C15H21FN+. The molecule has 3 fully saturated rings. The van der Waals surface area contributed by atoms with Crippen LogP contribution in [0.1, 0.15) is 31.2 Å². The summed E-state index contributed by atoms with van der Waals surface area (Å²) in [4.78, 5) is 1.83. The van der Waals surface area contributed by atoms with Crippen LogP contribution in [0.3, 0.4) is 0 Å². The van der Waals surface area contributed by atoms with Gasteiger partial charge < -0.3 is 4.90 Å². The number of hydrogen-bond acceptors (Lipinski definition) is 0. The summed E-state index contributed by atoms with van der Waals surface area (Å²) in [6.45, 7) is 2.78. The van der Waals surface area contributed by atoms with Crippen LogP contribution in [0.25, 0.3) is 0 Å². The molecule has 17 heavy (non-hydrogen) atoms. The molecule has 4 rings (SSSR count). The molecule has 1 unspecified atom stereocenters. The molecule has 2 bridgehead atoms. The minimum absolute atomic E-state index is 0.125. The fourth-order valence-electron chi connectivity index (χ4n) is 3.58. The molecule has 92 valence electrons. The van der Waals surface area contributed by atoms with Gasteiger partial charge in [0, 0.05) is 12.8 Å². The van der Waals surface area contributed by atoms with Gasteiger partial charge in [0.1, 0.15) is 5.82 Å². The van der Waals surface area contributed by atoms with Gasteiger partial charge in [0.2, 0.25) is 0 Å². The molecule has 0 aromatic heterocycles. The minimum atomic E-state index is -0.125. The summed E-state index contributed by atoms with van der Waals surface area (Å²) >= 11 is 0. The first kappa shape index (κ1) is 11.2. The van der Waals surface area contributed by atoms with Gasteiger partial charge in [-0.15, -0.1) is 0 Å². The number of halogens is 1. The van der Waals surface area contributed by atoms with Gasteiger partial charge in [0.05, 0.1) is 19.1 Å². The zero-order valence-corrected chi connectivity index (χ0v) is 10.3. The second-order valence-corrected chi connectivity index (χ2v) is 5.70. The molecule has 3 saturated heterocycles. The number of hydrogen-bond donors (Lipinski definition) is 1. The van der Waals surface area contributed by atoms with E-state index < -0.39 is 0 Å². The second-order valence-electron chi connectivity index (χ2n) is 5.70. The summed E-state index contributed by atoms with van der Waals surface area (Å²) in [5, 5.41) is 0. The highest BCUT2D eigenvalue weighted by Gasteiger charge is 2.36. The summed E-state index contributed by atoms with van der Waals surface area (Å²) in [5.74, 6) is 0.880. The SMILES string of the molecule is Fc1ccc(CCC2CC3CC[NH+]2CC3)cc1. The third-order valence-electron chi connectivity index (χ3n) is 4.64. The van der Waals surface area contributed by atoms with Crippen molar-refractivity contribution in [1.29, 1.82) is 0 Å². The molecule has 0 spiro atoms. The Balaban J connectivity index is 1.56. The number of rotatable bonds is 3. The minimum Gasteiger partial charge on any atom is -0.332 e. The van der Waals surface area contributed by atoms with Crippen molar-refractivity contribution in [3.63, 3.8) is 0 Å². The number of fused-ring (bicyclic) bond motifs is 3. The molecule has 0 aliphatic carbocycles. The Bertz CT molecular complexity index is 365. The van der Waals surface area contributed by atoms with E-state index in [9.17, 15) is 4.39 Å². The average Bonchev–Trinajstić information content (AvgIpc) is 2.39. The Kier molecular flexibility index (Phi) is 3.15. The lowest BCUT2D eigenvalue weighted by Crippen LogP contribution is -3.18. The Hall–Kier alpha value is -0.890. The van der Waals surface area contributed by atoms with E-state index >= 15 is 0 Å². The molecule has 0 saturated carbocycles. The third kappa shape index (κ3) is 2.52. The van der Waals surface area contributed by atoms with Crippen LogP contribution in [0.5, 0.6) is 0 Å². The van der Waals surface area contributed by atoms with Crippen LogP contribution in [0.15, 0.2) is 24.3 Å². The summed E-state index contributed by atoms with van der Waals surface area (Å²) in [7, 11) is 0. The summed E-state index contributed by atoms with van der Waals surface area (Å²) in [6.07, 6.45) is 6.71. The van der Waals surface area contributed by atoms with E-state index in [4.69, 9.17) is 0 Å². The normalized spacial score (nSPS) is 31.7. The fraction of sp³-hybridized carbons (Fsp3) is 0.600. The van der Waals surface area contributed by atoms with Crippen LogP contribution < -0.4 is 4.90 Å². The van der Waals surface area contributed by atoms with Crippen molar-refractivity contribution >= 4 is 0 Å². The summed E-state index contributed by atoms with van der Waals surface area (Å²) < 4.78 is 12.8. The largest absolute Gasteiger partial charge is 0.332 e. The molecular weight excluding hydrogens is 213 g/mol. The first-order valence-electron chi connectivity index (χ1n) is 6.90. The Morgan fingerprint density at radius 1 is 1.12 bits per heavy atom. The average molecular weight is 234 g/mol. The number of nitrogens with one attached hydrogen (secondary N) is 1. The van der Waals surface area contributed by atoms with E-state index in [-0.39, 0.29) is 5.82 Å². The Labute approximate surface area is 103 Å². The van der Waals surface area contributed by atoms with Gasteiger partial charge in [-0.1, -0.05) is 12.1 Å². The van der Waals surface area contributed by atoms with Crippen molar-refractivity contribution in [2.45, 2.75) is 38.1 Å². The van der Waals surface area contributed by atoms with E-state index in [2.05, 4.69) is 0 Å². The maximum atomic E-state index is 12.8. The van der Waals surface area contributed by atoms with Gasteiger partial charge in [0.15, 0.2) is 0 Å². The first-order valence-corrected chi connectivity index (χ1v) is 6.90. The first-order chi connectivity index (χ1) is 8.31. The zero-order chi connectivity index (χ0) is 11.7. The van der Waals surface area contributed by atoms with E-state index in [1.54, 1.807) is 12.1 Å². The van der Waals surface area contributed by atoms with Crippen LogP contribution in [0.4, 0.5) is 4.39 Å². The lowest BCUT2D eigenvalue weighted by atomic mass is 9.81. The number of benzene rings is 1. The molecule has 3 aliphatic rings. The van der Waals surface area contributed by atoms with Crippen molar-refractivity contribution in [3.8, 4) is 0 Å². The maximum Gasteiger partial charge on any atom is 0.123 e. The lowest BCUT2D eigenvalue weighted by molar-refractivity contribution is -0.942. The van der Waals surface area contributed by atoms with E-state index in [0.717, 1.165) is 18.4 Å². The Morgan fingerprint density at radius 3 is 2.41 bits per heavy atom.